The van der Waals surface area contributed by atoms with Crippen LogP contribution in [-0.4, -0.2) is 71.4 Å². The van der Waals surface area contributed by atoms with Crippen LogP contribution < -0.4 is 10.2 Å². The average Bonchev–Trinajstić information content (AvgIpc) is 3.55. The molecule has 4 heterocycles. The molecule has 0 radical (unpaired) electrons. The van der Waals surface area contributed by atoms with E-state index < -0.39 is 0 Å². The fraction of sp³-hybridized carbons (Fsp3) is 0.520. The lowest BCUT2D eigenvalue weighted by atomic mass is 10.0. The highest BCUT2D eigenvalue weighted by Gasteiger charge is 2.31. The van der Waals surface area contributed by atoms with Crippen molar-refractivity contribution in [3.8, 4) is 0 Å². The van der Waals surface area contributed by atoms with E-state index in [4.69, 9.17) is 9.97 Å². The zero-order valence-electron chi connectivity index (χ0n) is 19.5. The molecular formula is C25H32N6O2. The zero-order valence-corrected chi connectivity index (χ0v) is 19.5. The van der Waals surface area contributed by atoms with Gasteiger partial charge in [0.2, 0.25) is 5.91 Å². The second-order valence-corrected chi connectivity index (χ2v) is 9.27. The quantitative estimate of drug-likeness (QED) is 0.775. The summed E-state index contributed by atoms with van der Waals surface area (Å²) < 4.78 is 0. The second-order valence-electron chi connectivity index (χ2n) is 9.27. The topological polar surface area (TPSA) is 81.7 Å². The Bertz CT molecular complexity index is 1030. The van der Waals surface area contributed by atoms with Crippen molar-refractivity contribution in [2.75, 3.05) is 50.0 Å². The molecule has 8 heteroatoms. The van der Waals surface area contributed by atoms with Crippen LogP contribution in [0, 0.1) is 0 Å². The van der Waals surface area contributed by atoms with Gasteiger partial charge in [-0.2, -0.15) is 0 Å². The normalized spacial score (nSPS) is 20.2. The van der Waals surface area contributed by atoms with Crippen molar-refractivity contribution >= 4 is 23.3 Å². The molecule has 2 aromatic rings. The molecule has 1 aromatic heterocycles. The third kappa shape index (κ3) is 4.26. The van der Waals surface area contributed by atoms with Gasteiger partial charge in [-0.05, 0) is 43.5 Å². The molecule has 5 rings (SSSR count). The predicted molar refractivity (Wildman–Crippen MR) is 128 cm³/mol. The number of amides is 2. The first-order chi connectivity index (χ1) is 16.0. The first-order valence-electron chi connectivity index (χ1n) is 12.0. The lowest BCUT2D eigenvalue weighted by molar-refractivity contribution is -0.127. The van der Waals surface area contributed by atoms with Crippen LogP contribution in [0.3, 0.4) is 0 Å². The summed E-state index contributed by atoms with van der Waals surface area (Å²) in [6.45, 7) is 6.38. The van der Waals surface area contributed by atoms with Gasteiger partial charge in [-0.15, -0.1) is 0 Å². The standard InChI is InChI=1S/C25H32N6O2/c1-17(32)30-13-9-19(15-30)23-27-22-10-14-31(16-21(22)24(26-2)28-23)25(33)18-5-7-20(8-6-18)29-11-3-4-12-29/h5-8,19H,3-4,9-16H2,1-2H3,(H,26,27,28)/t19-/m1/s1. The number of fused-ring (bicyclic) bond motifs is 1. The highest BCUT2D eigenvalue weighted by atomic mass is 16.2. The molecule has 8 nitrogen and oxygen atoms in total. The number of hydrogen-bond acceptors (Lipinski definition) is 6. The third-order valence-electron chi connectivity index (χ3n) is 7.19. The van der Waals surface area contributed by atoms with Gasteiger partial charge in [-0.25, -0.2) is 9.97 Å². The fourth-order valence-electron chi connectivity index (χ4n) is 5.23. The van der Waals surface area contributed by atoms with Crippen LogP contribution in [0.4, 0.5) is 11.5 Å². The number of rotatable bonds is 4. The minimum Gasteiger partial charge on any atom is -0.373 e. The average molecular weight is 449 g/mol. The van der Waals surface area contributed by atoms with Crippen LogP contribution in [0.25, 0.3) is 0 Å². The van der Waals surface area contributed by atoms with Gasteiger partial charge in [-0.3, -0.25) is 9.59 Å². The maximum atomic E-state index is 13.2. The molecule has 2 fully saturated rings. The number of nitrogens with one attached hydrogen (secondary N) is 1. The Morgan fingerprint density at radius 2 is 1.76 bits per heavy atom. The lowest BCUT2D eigenvalue weighted by Gasteiger charge is -2.30. The Hall–Kier alpha value is -3.16. The van der Waals surface area contributed by atoms with Crippen molar-refractivity contribution in [1.82, 2.24) is 19.8 Å². The van der Waals surface area contributed by atoms with Crippen LogP contribution in [0.2, 0.25) is 0 Å². The van der Waals surface area contributed by atoms with Gasteiger partial charge in [0, 0.05) is 75.8 Å². The Kier molecular flexibility index (Phi) is 5.91. The molecule has 1 aromatic carbocycles. The van der Waals surface area contributed by atoms with E-state index in [1.54, 1.807) is 6.92 Å². The van der Waals surface area contributed by atoms with E-state index in [9.17, 15) is 9.59 Å². The number of carbonyl (C=O) groups is 2. The highest BCUT2D eigenvalue weighted by molar-refractivity contribution is 5.94. The lowest BCUT2D eigenvalue weighted by Crippen LogP contribution is -2.37. The number of hydrogen-bond donors (Lipinski definition) is 1. The predicted octanol–water partition coefficient (Wildman–Crippen LogP) is 2.65. The minimum atomic E-state index is 0.0487. The van der Waals surface area contributed by atoms with Crippen molar-refractivity contribution in [3.05, 3.63) is 46.9 Å². The van der Waals surface area contributed by atoms with E-state index in [0.717, 1.165) is 54.5 Å². The summed E-state index contributed by atoms with van der Waals surface area (Å²) in [5, 5.41) is 3.22. The van der Waals surface area contributed by atoms with E-state index in [0.29, 0.717) is 26.1 Å². The first-order valence-corrected chi connectivity index (χ1v) is 12.0. The van der Waals surface area contributed by atoms with E-state index in [-0.39, 0.29) is 17.7 Å². The maximum absolute atomic E-state index is 13.2. The molecule has 174 valence electrons. The Morgan fingerprint density at radius 3 is 2.42 bits per heavy atom. The van der Waals surface area contributed by atoms with Crippen LogP contribution in [0.1, 0.15) is 59.5 Å². The summed E-state index contributed by atoms with van der Waals surface area (Å²) >= 11 is 0. The Balaban J connectivity index is 1.32. The van der Waals surface area contributed by atoms with Crippen LogP contribution in [0.5, 0.6) is 0 Å². The van der Waals surface area contributed by atoms with Gasteiger partial charge in [0.1, 0.15) is 11.6 Å². The monoisotopic (exact) mass is 448 g/mol. The molecule has 0 aliphatic carbocycles. The molecule has 33 heavy (non-hydrogen) atoms. The van der Waals surface area contributed by atoms with Crippen LogP contribution in [0.15, 0.2) is 24.3 Å². The molecule has 3 aliphatic heterocycles. The largest absolute Gasteiger partial charge is 0.373 e. The Morgan fingerprint density at radius 1 is 1.00 bits per heavy atom. The van der Waals surface area contributed by atoms with E-state index >= 15 is 0 Å². The highest BCUT2D eigenvalue weighted by Crippen LogP contribution is 2.30. The van der Waals surface area contributed by atoms with Crippen LogP contribution in [-0.2, 0) is 17.8 Å². The number of benzene rings is 1. The number of likely N-dealkylation sites (tertiary alicyclic amines) is 1. The molecule has 3 aliphatic rings. The first kappa shape index (κ1) is 21.7. The molecule has 0 bridgehead atoms. The fourth-order valence-corrected chi connectivity index (χ4v) is 5.23. The molecule has 0 spiro atoms. The summed E-state index contributed by atoms with van der Waals surface area (Å²) in [6, 6.07) is 8.03. The molecule has 2 saturated heterocycles. The van der Waals surface area contributed by atoms with E-state index in [2.05, 4.69) is 22.3 Å². The summed E-state index contributed by atoms with van der Waals surface area (Å²) in [5.74, 6) is 1.91. The maximum Gasteiger partial charge on any atom is 0.254 e. The van der Waals surface area contributed by atoms with Gasteiger partial charge in [0.25, 0.3) is 5.91 Å². The van der Waals surface area contributed by atoms with E-state index in [1.807, 2.05) is 29.0 Å². The van der Waals surface area contributed by atoms with Crippen molar-refractivity contribution in [1.29, 1.82) is 0 Å². The number of nitrogens with zero attached hydrogens (tertiary/aromatic N) is 5. The number of aromatic nitrogens is 2. The summed E-state index contributed by atoms with van der Waals surface area (Å²) in [6.07, 6.45) is 4.07. The Labute approximate surface area is 195 Å². The number of anilines is 2. The summed E-state index contributed by atoms with van der Waals surface area (Å²) in [7, 11) is 1.86. The summed E-state index contributed by atoms with van der Waals surface area (Å²) in [4.78, 5) is 40.8. The zero-order chi connectivity index (χ0) is 22.9. The summed E-state index contributed by atoms with van der Waals surface area (Å²) in [5.41, 5.74) is 3.93. The van der Waals surface area contributed by atoms with Crippen molar-refractivity contribution in [3.63, 3.8) is 0 Å². The smallest absolute Gasteiger partial charge is 0.254 e. The second kappa shape index (κ2) is 9.00. The molecular weight excluding hydrogens is 416 g/mol. The molecule has 1 atom stereocenters. The van der Waals surface area contributed by atoms with Crippen molar-refractivity contribution in [2.24, 2.45) is 0 Å². The van der Waals surface area contributed by atoms with Gasteiger partial charge in [0.15, 0.2) is 0 Å². The molecule has 0 unspecified atom stereocenters. The number of carbonyl (C=O) groups excluding carboxylic acids is 2. The van der Waals surface area contributed by atoms with Crippen molar-refractivity contribution < 1.29 is 9.59 Å². The van der Waals surface area contributed by atoms with Crippen molar-refractivity contribution in [2.45, 2.75) is 45.1 Å². The van der Waals surface area contributed by atoms with Crippen LogP contribution >= 0.6 is 0 Å². The molecule has 0 saturated carbocycles. The van der Waals surface area contributed by atoms with Gasteiger partial charge < -0.3 is 20.0 Å². The minimum absolute atomic E-state index is 0.0487. The molecule has 1 N–H and O–H groups in total. The van der Waals surface area contributed by atoms with Gasteiger partial charge in [0.05, 0.1) is 12.2 Å². The molecule has 2 amide bonds. The van der Waals surface area contributed by atoms with Gasteiger partial charge in [-0.1, -0.05) is 0 Å². The third-order valence-corrected chi connectivity index (χ3v) is 7.19. The van der Waals surface area contributed by atoms with E-state index in [1.165, 1.54) is 18.5 Å². The van der Waals surface area contributed by atoms with Gasteiger partial charge >= 0.3 is 0 Å². The SMILES string of the molecule is CNc1nc([C@@H]2CCN(C(C)=O)C2)nc2c1CN(C(=O)c1ccc(N3CCCC3)cc1)CC2.